The molecule has 1 aromatic rings. The number of amides is 3. The van der Waals surface area contributed by atoms with Gasteiger partial charge in [0.05, 0.1) is 7.11 Å². The number of methoxy groups -OCH3 is 1. The summed E-state index contributed by atoms with van der Waals surface area (Å²) in [4.78, 5) is 52.7. The third-order valence-electron chi connectivity index (χ3n) is 5.64. The zero-order valence-corrected chi connectivity index (χ0v) is 17.7. The predicted octanol–water partition coefficient (Wildman–Crippen LogP) is 1.46. The van der Waals surface area contributed by atoms with Crippen molar-refractivity contribution in [2.45, 2.75) is 50.8 Å². The molecule has 0 aliphatic carbocycles. The van der Waals surface area contributed by atoms with E-state index in [1.165, 1.54) is 16.9 Å². The monoisotopic (exact) mass is 431 g/mol. The van der Waals surface area contributed by atoms with Gasteiger partial charge in [0, 0.05) is 13.1 Å². The summed E-state index contributed by atoms with van der Waals surface area (Å²) in [6, 6.07) is 7.94. The van der Waals surface area contributed by atoms with Gasteiger partial charge in [0.15, 0.2) is 0 Å². The SMILES string of the molecule is COC(=O)CN1CCCC[C@H](NC(=O)[C@@H]2CCCN2C(=O)OCc2ccccc2)C1=O. The van der Waals surface area contributed by atoms with Gasteiger partial charge in [0.2, 0.25) is 11.8 Å². The van der Waals surface area contributed by atoms with Crippen LogP contribution in [0.1, 0.15) is 37.7 Å². The first-order valence-corrected chi connectivity index (χ1v) is 10.6. The van der Waals surface area contributed by atoms with Crippen molar-refractivity contribution in [1.82, 2.24) is 15.1 Å². The summed E-state index contributed by atoms with van der Waals surface area (Å²) < 4.78 is 10.0. The van der Waals surface area contributed by atoms with Crippen molar-refractivity contribution < 1.29 is 28.7 Å². The van der Waals surface area contributed by atoms with Crippen LogP contribution in [-0.2, 0) is 30.5 Å². The Labute approximate surface area is 181 Å². The van der Waals surface area contributed by atoms with Crippen LogP contribution in [-0.4, -0.2) is 72.5 Å². The summed E-state index contributed by atoms with van der Waals surface area (Å²) in [5.74, 6) is -1.16. The first-order chi connectivity index (χ1) is 15.0. The highest BCUT2D eigenvalue weighted by atomic mass is 16.6. The molecular weight excluding hydrogens is 402 g/mol. The Hall–Kier alpha value is -3.10. The highest BCUT2D eigenvalue weighted by Crippen LogP contribution is 2.20. The zero-order chi connectivity index (χ0) is 22.2. The second-order valence-corrected chi connectivity index (χ2v) is 7.78. The van der Waals surface area contributed by atoms with Crippen molar-refractivity contribution in [3.8, 4) is 0 Å². The zero-order valence-electron chi connectivity index (χ0n) is 17.7. The lowest BCUT2D eigenvalue weighted by molar-refractivity contribution is -0.147. The summed E-state index contributed by atoms with van der Waals surface area (Å²) >= 11 is 0. The van der Waals surface area contributed by atoms with Crippen LogP contribution in [0.3, 0.4) is 0 Å². The molecule has 31 heavy (non-hydrogen) atoms. The molecule has 0 unspecified atom stereocenters. The number of esters is 1. The van der Waals surface area contributed by atoms with E-state index in [1.807, 2.05) is 30.3 Å². The van der Waals surface area contributed by atoms with E-state index in [1.54, 1.807) is 0 Å². The van der Waals surface area contributed by atoms with Crippen LogP contribution >= 0.6 is 0 Å². The number of ether oxygens (including phenoxy) is 2. The Morgan fingerprint density at radius 1 is 1.06 bits per heavy atom. The third-order valence-corrected chi connectivity index (χ3v) is 5.64. The van der Waals surface area contributed by atoms with Gasteiger partial charge >= 0.3 is 12.1 Å². The predicted molar refractivity (Wildman–Crippen MR) is 111 cm³/mol. The van der Waals surface area contributed by atoms with Crippen molar-refractivity contribution in [1.29, 1.82) is 0 Å². The lowest BCUT2D eigenvalue weighted by Crippen LogP contribution is -2.53. The minimum absolute atomic E-state index is 0.133. The van der Waals surface area contributed by atoms with Gasteiger partial charge in [0.25, 0.3) is 0 Å². The molecule has 1 aromatic carbocycles. The maximum Gasteiger partial charge on any atom is 0.410 e. The molecule has 9 nitrogen and oxygen atoms in total. The Balaban J connectivity index is 1.58. The van der Waals surface area contributed by atoms with Gasteiger partial charge in [-0.25, -0.2) is 4.79 Å². The molecule has 2 aliphatic heterocycles. The average Bonchev–Trinajstić information content (AvgIpc) is 3.22. The van der Waals surface area contributed by atoms with Gasteiger partial charge < -0.3 is 19.7 Å². The molecule has 0 radical (unpaired) electrons. The van der Waals surface area contributed by atoms with E-state index < -0.39 is 24.1 Å². The lowest BCUT2D eigenvalue weighted by Gasteiger charge is -2.27. The molecule has 0 aromatic heterocycles. The van der Waals surface area contributed by atoms with Crippen LogP contribution in [0, 0.1) is 0 Å². The van der Waals surface area contributed by atoms with E-state index in [2.05, 4.69) is 10.1 Å². The molecule has 2 atom stereocenters. The highest BCUT2D eigenvalue weighted by Gasteiger charge is 2.38. The number of hydrogen-bond donors (Lipinski definition) is 1. The molecule has 3 rings (SSSR count). The number of benzene rings is 1. The van der Waals surface area contributed by atoms with E-state index in [0.717, 1.165) is 18.4 Å². The molecule has 0 saturated carbocycles. The summed E-state index contributed by atoms with van der Waals surface area (Å²) in [5, 5.41) is 2.80. The van der Waals surface area contributed by atoms with Crippen LogP contribution in [0.2, 0.25) is 0 Å². The molecule has 9 heteroatoms. The fourth-order valence-corrected chi connectivity index (χ4v) is 3.94. The number of carbonyl (C=O) groups is 4. The molecule has 2 aliphatic rings. The standard InChI is InChI=1S/C22H29N3O6/c1-30-19(26)14-24-12-6-5-10-17(21(24)28)23-20(27)18-11-7-13-25(18)22(29)31-15-16-8-3-2-4-9-16/h2-4,8-9,17-18H,5-7,10-15H2,1H3,(H,23,27)/t17-,18-/m0/s1. The van der Waals surface area contributed by atoms with Gasteiger partial charge in [-0.05, 0) is 37.7 Å². The Bertz CT molecular complexity index is 800. The van der Waals surface area contributed by atoms with Gasteiger partial charge in [0.1, 0.15) is 25.2 Å². The molecule has 2 fully saturated rings. The second-order valence-electron chi connectivity index (χ2n) is 7.78. The van der Waals surface area contributed by atoms with Crippen molar-refractivity contribution in [2.24, 2.45) is 0 Å². The lowest BCUT2D eigenvalue weighted by atomic mass is 10.1. The normalized spacial score (nSPS) is 21.4. The van der Waals surface area contributed by atoms with Crippen molar-refractivity contribution in [3.05, 3.63) is 35.9 Å². The first-order valence-electron chi connectivity index (χ1n) is 10.6. The largest absolute Gasteiger partial charge is 0.468 e. The van der Waals surface area contributed by atoms with Gasteiger partial charge in [-0.2, -0.15) is 0 Å². The summed E-state index contributed by atoms with van der Waals surface area (Å²) in [7, 11) is 1.27. The highest BCUT2D eigenvalue weighted by molar-refractivity contribution is 5.92. The Kier molecular flexibility index (Phi) is 7.86. The number of likely N-dealkylation sites (tertiary alicyclic amines) is 2. The molecule has 0 bridgehead atoms. The van der Waals surface area contributed by atoms with E-state index in [4.69, 9.17) is 4.74 Å². The molecule has 1 N–H and O–H groups in total. The molecule has 2 heterocycles. The van der Waals surface area contributed by atoms with Crippen LogP contribution in [0.25, 0.3) is 0 Å². The smallest absolute Gasteiger partial charge is 0.410 e. The van der Waals surface area contributed by atoms with Gasteiger partial charge in [-0.1, -0.05) is 30.3 Å². The number of nitrogens with zero attached hydrogens (tertiary/aromatic N) is 2. The molecular formula is C22H29N3O6. The Morgan fingerprint density at radius 3 is 2.58 bits per heavy atom. The van der Waals surface area contributed by atoms with E-state index in [9.17, 15) is 19.2 Å². The van der Waals surface area contributed by atoms with Crippen molar-refractivity contribution in [2.75, 3.05) is 26.7 Å². The van der Waals surface area contributed by atoms with E-state index >= 15 is 0 Å². The molecule has 168 valence electrons. The fourth-order valence-electron chi connectivity index (χ4n) is 3.94. The van der Waals surface area contributed by atoms with Crippen LogP contribution < -0.4 is 5.32 Å². The topological polar surface area (TPSA) is 105 Å². The molecule has 3 amide bonds. The second kappa shape index (κ2) is 10.8. The number of nitrogens with one attached hydrogen (secondary N) is 1. The van der Waals surface area contributed by atoms with Gasteiger partial charge in [-0.15, -0.1) is 0 Å². The Morgan fingerprint density at radius 2 is 1.84 bits per heavy atom. The summed E-state index contributed by atoms with van der Waals surface area (Å²) in [5.41, 5.74) is 0.866. The maximum absolute atomic E-state index is 12.9. The number of carbonyl (C=O) groups excluding carboxylic acids is 4. The van der Waals surface area contributed by atoms with E-state index in [-0.39, 0.29) is 25.0 Å². The minimum atomic E-state index is -0.720. The maximum atomic E-state index is 12.9. The number of hydrogen-bond acceptors (Lipinski definition) is 6. The third kappa shape index (κ3) is 5.96. The summed E-state index contributed by atoms with van der Waals surface area (Å²) in [6.07, 6.45) is 2.65. The van der Waals surface area contributed by atoms with Crippen molar-refractivity contribution in [3.63, 3.8) is 0 Å². The molecule has 2 saturated heterocycles. The van der Waals surface area contributed by atoms with Crippen LogP contribution in [0.4, 0.5) is 4.79 Å². The molecule has 0 spiro atoms. The fraction of sp³-hybridized carbons (Fsp3) is 0.545. The quantitative estimate of drug-likeness (QED) is 0.684. The minimum Gasteiger partial charge on any atom is -0.468 e. The van der Waals surface area contributed by atoms with Crippen LogP contribution in [0.15, 0.2) is 30.3 Å². The summed E-state index contributed by atoms with van der Waals surface area (Å²) in [6.45, 7) is 0.873. The van der Waals surface area contributed by atoms with E-state index in [0.29, 0.717) is 32.4 Å². The first kappa shape index (κ1) is 22.6. The van der Waals surface area contributed by atoms with Gasteiger partial charge in [-0.3, -0.25) is 19.3 Å². The number of rotatable bonds is 6. The van der Waals surface area contributed by atoms with Crippen molar-refractivity contribution >= 4 is 23.9 Å². The van der Waals surface area contributed by atoms with Crippen LogP contribution in [0.5, 0.6) is 0 Å². The average molecular weight is 431 g/mol.